The molecule has 1 rings (SSSR count). The molecular weight excluding hydrogens is 196 g/mol. The molecule has 1 heteroatoms. The van der Waals surface area contributed by atoms with Crippen molar-refractivity contribution < 1.29 is 4.79 Å². The van der Waals surface area contributed by atoms with Crippen LogP contribution in [-0.4, -0.2) is 5.78 Å². The van der Waals surface area contributed by atoms with Gasteiger partial charge in [0, 0.05) is 11.8 Å². The first-order valence-electron chi connectivity index (χ1n) is 6.49. The van der Waals surface area contributed by atoms with E-state index in [1.807, 2.05) is 6.08 Å². The Hall–Kier alpha value is -0.590. The normalized spacial score (nSPS) is 35.8. The summed E-state index contributed by atoms with van der Waals surface area (Å²) in [4.78, 5) is 12.3. The highest BCUT2D eigenvalue weighted by Gasteiger charge is 2.45. The molecule has 0 radical (unpaired) electrons. The summed E-state index contributed by atoms with van der Waals surface area (Å²) in [5, 5.41) is 0. The van der Waals surface area contributed by atoms with Crippen molar-refractivity contribution in [3.8, 4) is 0 Å². The Morgan fingerprint density at radius 3 is 2.25 bits per heavy atom. The number of allylic oxidation sites excluding steroid dienone is 1. The molecule has 0 N–H and O–H groups in total. The van der Waals surface area contributed by atoms with Crippen LogP contribution in [0.3, 0.4) is 0 Å². The fourth-order valence-corrected chi connectivity index (χ4v) is 3.06. The van der Waals surface area contributed by atoms with Gasteiger partial charge in [0.1, 0.15) is 5.78 Å². The van der Waals surface area contributed by atoms with Crippen LogP contribution in [-0.2, 0) is 4.79 Å². The highest BCUT2D eigenvalue weighted by molar-refractivity contribution is 5.87. The summed E-state index contributed by atoms with van der Waals surface area (Å²) in [6.07, 6.45) is 3.80. The lowest BCUT2D eigenvalue weighted by Crippen LogP contribution is -2.44. The zero-order chi connectivity index (χ0) is 12.5. The summed E-state index contributed by atoms with van der Waals surface area (Å²) in [7, 11) is 0. The second kappa shape index (κ2) is 4.73. The zero-order valence-corrected chi connectivity index (χ0v) is 11.4. The van der Waals surface area contributed by atoms with Gasteiger partial charge in [0.25, 0.3) is 0 Å². The number of rotatable bonds is 3. The molecule has 16 heavy (non-hydrogen) atoms. The minimum absolute atomic E-state index is 0.292. The first kappa shape index (κ1) is 13.5. The summed E-state index contributed by atoms with van der Waals surface area (Å²) in [6.45, 7) is 14.9. The van der Waals surface area contributed by atoms with Gasteiger partial charge in [-0.3, -0.25) is 4.79 Å². The van der Waals surface area contributed by atoms with Gasteiger partial charge in [0.05, 0.1) is 0 Å². The molecule has 92 valence electrons. The van der Waals surface area contributed by atoms with Gasteiger partial charge >= 0.3 is 0 Å². The van der Waals surface area contributed by atoms with Gasteiger partial charge in [-0.2, -0.15) is 0 Å². The number of carbonyl (C=O) groups excluding carboxylic acids is 1. The van der Waals surface area contributed by atoms with Crippen LogP contribution < -0.4 is 0 Å². The Balaban J connectivity index is 2.98. The van der Waals surface area contributed by atoms with Crippen LogP contribution >= 0.6 is 0 Å². The van der Waals surface area contributed by atoms with Gasteiger partial charge in [-0.15, -0.1) is 6.58 Å². The molecule has 1 aliphatic carbocycles. The van der Waals surface area contributed by atoms with E-state index in [0.29, 0.717) is 29.5 Å². The quantitative estimate of drug-likeness (QED) is 0.657. The molecule has 0 saturated heterocycles. The fraction of sp³-hybridized carbons (Fsp3) is 0.800. The number of carbonyl (C=O) groups is 1. The van der Waals surface area contributed by atoms with E-state index in [1.165, 1.54) is 6.42 Å². The first-order chi connectivity index (χ1) is 7.32. The van der Waals surface area contributed by atoms with Gasteiger partial charge in [-0.25, -0.2) is 0 Å². The highest BCUT2D eigenvalue weighted by atomic mass is 16.1. The maximum Gasteiger partial charge on any atom is 0.143 e. The lowest BCUT2D eigenvalue weighted by molar-refractivity contribution is -0.134. The van der Waals surface area contributed by atoms with Crippen LogP contribution in [0.1, 0.15) is 47.5 Å². The molecule has 0 unspecified atom stereocenters. The van der Waals surface area contributed by atoms with E-state index in [4.69, 9.17) is 0 Å². The predicted molar refractivity (Wildman–Crippen MR) is 69.2 cm³/mol. The third-order valence-corrected chi connectivity index (χ3v) is 4.55. The predicted octanol–water partition coefficient (Wildman–Crippen LogP) is 4.09. The number of hydrogen-bond donors (Lipinski definition) is 0. The maximum absolute atomic E-state index is 12.3. The largest absolute Gasteiger partial charge is 0.299 e. The molecule has 3 atom stereocenters. The summed E-state index contributed by atoms with van der Waals surface area (Å²) in [5.74, 6) is 2.57. The monoisotopic (exact) mass is 222 g/mol. The molecule has 0 heterocycles. The van der Waals surface area contributed by atoms with E-state index in [0.717, 1.165) is 6.42 Å². The molecule has 0 aromatic heterocycles. The van der Waals surface area contributed by atoms with Crippen molar-refractivity contribution in [2.24, 2.45) is 29.1 Å². The zero-order valence-electron chi connectivity index (χ0n) is 11.4. The van der Waals surface area contributed by atoms with E-state index in [9.17, 15) is 4.79 Å². The van der Waals surface area contributed by atoms with E-state index < -0.39 is 0 Å². The summed E-state index contributed by atoms with van der Waals surface area (Å²) < 4.78 is 0. The minimum Gasteiger partial charge on any atom is -0.299 e. The van der Waals surface area contributed by atoms with Gasteiger partial charge in [0.15, 0.2) is 0 Å². The molecular formula is C15H26O. The van der Waals surface area contributed by atoms with Gasteiger partial charge < -0.3 is 0 Å². The molecule has 0 bridgehead atoms. The van der Waals surface area contributed by atoms with Gasteiger partial charge in [-0.1, -0.05) is 33.8 Å². The van der Waals surface area contributed by atoms with Crippen molar-refractivity contribution in [3.05, 3.63) is 12.7 Å². The van der Waals surface area contributed by atoms with Crippen LogP contribution in [0.2, 0.25) is 0 Å². The van der Waals surface area contributed by atoms with Crippen molar-refractivity contribution in [1.29, 1.82) is 0 Å². The molecule has 1 saturated carbocycles. The Bertz CT molecular complexity index is 277. The Morgan fingerprint density at radius 2 is 1.88 bits per heavy atom. The minimum atomic E-state index is -0.292. The molecule has 0 aromatic rings. The van der Waals surface area contributed by atoms with E-state index in [1.54, 1.807) is 0 Å². The smallest absolute Gasteiger partial charge is 0.143 e. The third-order valence-electron chi connectivity index (χ3n) is 4.55. The molecule has 0 amide bonds. The Morgan fingerprint density at radius 1 is 1.31 bits per heavy atom. The van der Waals surface area contributed by atoms with Crippen molar-refractivity contribution in [2.45, 2.75) is 47.5 Å². The van der Waals surface area contributed by atoms with Crippen LogP contribution in [0, 0.1) is 29.1 Å². The summed E-state index contributed by atoms with van der Waals surface area (Å²) in [5.41, 5.74) is -0.292. The van der Waals surface area contributed by atoms with Gasteiger partial charge in [0.2, 0.25) is 0 Å². The SMILES string of the molecule is C=C[C@@]1(C)C(=O)C[C@@H](C(C)C)C[C@@H]1C(C)C. The second-order valence-corrected chi connectivity index (χ2v) is 6.20. The summed E-state index contributed by atoms with van der Waals surface area (Å²) >= 11 is 0. The van der Waals surface area contributed by atoms with Crippen LogP contribution in [0.4, 0.5) is 0 Å². The van der Waals surface area contributed by atoms with Crippen molar-refractivity contribution >= 4 is 5.78 Å². The highest BCUT2D eigenvalue weighted by Crippen LogP contribution is 2.47. The molecule has 1 nitrogen and oxygen atoms in total. The summed E-state index contributed by atoms with van der Waals surface area (Å²) in [6, 6.07) is 0. The van der Waals surface area contributed by atoms with Gasteiger partial charge in [-0.05, 0) is 37.0 Å². The van der Waals surface area contributed by atoms with Crippen molar-refractivity contribution in [1.82, 2.24) is 0 Å². The Kier molecular flexibility index (Phi) is 3.98. The van der Waals surface area contributed by atoms with E-state index in [-0.39, 0.29) is 5.41 Å². The van der Waals surface area contributed by atoms with E-state index >= 15 is 0 Å². The topological polar surface area (TPSA) is 17.1 Å². The lowest BCUT2D eigenvalue weighted by atomic mass is 9.58. The third kappa shape index (κ3) is 2.23. The molecule has 0 aliphatic heterocycles. The van der Waals surface area contributed by atoms with Crippen LogP contribution in [0.25, 0.3) is 0 Å². The first-order valence-corrected chi connectivity index (χ1v) is 6.49. The van der Waals surface area contributed by atoms with E-state index in [2.05, 4.69) is 41.2 Å². The number of ketones is 1. The lowest BCUT2D eigenvalue weighted by Gasteiger charge is -2.44. The standard InChI is InChI=1S/C15H26O/c1-7-15(6)13(11(4)5)8-12(10(2)3)9-14(15)16/h7,10-13H,1,8-9H2,2-6H3/t12-,13+,15+/m0/s1. The van der Waals surface area contributed by atoms with Crippen LogP contribution in [0.15, 0.2) is 12.7 Å². The number of hydrogen-bond acceptors (Lipinski definition) is 1. The molecule has 0 aromatic carbocycles. The molecule has 1 aliphatic rings. The average molecular weight is 222 g/mol. The fourth-order valence-electron chi connectivity index (χ4n) is 3.06. The molecule has 1 fully saturated rings. The second-order valence-electron chi connectivity index (χ2n) is 6.20. The average Bonchev–Trinajstić information content (AvgIpc) is 2.20. The van der Waals surface area contributed by atoms with Crippen LogP contribution in [0.5, 0.6) is 0 Å². The van der Waals surface area contributed by atoms with Crippen molar-refractivity contribution in [3.63, 3.8) is 0 Å². The Labute approximate surface area is 100 Å². The maximum atomic E-state index is 12.3. The van der Waals surface area contributed by atoms with Crippen molar-refractivity contribution in [2.75, 3.05) is 0 Å². The molecule has 0 spiro atoms. The number of Topliss-reactive ketones (excluding diaryl/α,β-unsaturated/α-hetero) is 1.